The molecule has 1 rings (SSSR count). The SMILES string of the molecule is CCCC(C(=O)O)(c1ccccc1)C(C)(CC)N(CC)CC. The first-order chi connectivity index (χ1) is 10.4. The molecule has 0 saturated carbocycles. The normalized spacial score (nSPS) is 17.0. The summed E-state index contributed by atoms with van der Waals surface area (Å²) < 4.78 is 0. The molecule has 0 spiro atoms. The number of nitrogens with zero attached hydrogens (tertiary/aromatic N) is 1. The van der Waals surface area contributed by atoms with E-state index in [-0.39, 0.29) is 0 Å². The van der Waals surface area contributed by atoms with E-state index < -0.39 is 16.9 Å². The molecule has 3 heteroatoms. The van der Waals surface area contributed by atoms with Crippen molar-refractivity contribution in [3.05, 3.63) is 35.9 Å². The Morgan fingerprint density at radius 3 is 2.00 bits per heavy atom. The number of benzene rings is 1. The van der Waals surface area contributed by atoms with E-state index in [1.807, 2.05) is 30.3 Å². The van der Waals surface area contributed by atoms with Gasteiger partial charge < -0.3 is 5.11 Å². The lowest BCUT2D eigenvalue weighted by Crippen LogP contribution is -2.63. The average Bonchev–Trinajstić information content (AvgIpc) is 2.53. The number of carboxylic acids is 1. The standard InChI is InChI=1S/C19H31NO2/c1-6-15-19(17(21)22,16-13-11-10-12-14-16)18(5,7-2)20(8-3)9-4/h10-14H,6-9,15H2,1-5H3,(H,21,22). The molecule has 0 bridgehead atoms. The molecule has 2 unspecified atom stereocenters. The van der Waals surface area contributed by atoms with Gasteiger partial charge in [-0.05, 0) is 38.4 Å². The molecular formula is C19H31NO2. The second kappa shape index (κ2) is 7.77. The number of carbonyl (C=O) groups is 1. The van der Waals surface area contributed by atoms with E-state index >= 15 is 0 Å². The largest absolute Gasteiger partial charge is 0.481 e. The molecule has 1 N–H and O–H groups in total. The molecule has 0 aliphatic carbocycles. The van der Waals surface area contributed by atoms with Gasteiger partial charge in [-0.3, -0.25) is 9.69 Å². The maximum absolute atomic E-state index is 12.5. The van der Waals surface area contributed by atoms with Gasteiger partial charge in [0.25, 0.3) is 0 Å². The summed E-state index contributed by atoms with van der Waals surface area (Å²) in [5.41, 5.74) is -0.385. The fourth-order valence-corrected chi connectivity index (χ4v) is 4.00. The highest BCUT2D eigenvalue weighted by Gasteiger charge is 2.55. The van der Waals surface area contributed by atoms with E-state index in [0.717, 1.165) is 31.5 Å². The van der Waals surface area contributed by atoms with Gasteiger partial charge in [0.1, 0.15) is 5.41 Å². The van der Waals surface area contributed by atoms with Crippen LogP contribution in [0.4, 0.5) is 0 Å². The van der Waals surface area contributed by atoms with Crippen molar-refractivity contribution in [1.29, 1.82) is 0 Å². The number of carboxylic acid groups (broad SMARTS) is 1. The fraction of sp³-hybridized carbons (Fsp3) is 0.632. The zero-order chi connectivity index (χ0) is 16.8. The maximum atomic E-state index is 12.5. The quantitative estimate of drug-likeness (QED) is 0.738. The van der Waals surface area contributed by atoms with E-state index in [0.29, 0.717) is 6.42 Å². The average molecular weight is 305 g/mol. The molecule has 2 atom stereocenters. The Hall–Kier alpha value is -1.35. The molecule has 3 nitrogen and oxygen atoms in total. The summed E-state index contributed by atoms with van der Waals surface area (Å²) in [7, 11) is 0. The van der Waals surface area contributed by atoms with Crippen molar-refractivity contribution in [3.8, 4) is 0 Å². The number of rotatable bonds is 9. The van der Waals surface area contributed by atoms with Gasteiger partial charge in [-0.2, -0.15) is 0 Å². The minimum atomic E-state index is -0.885. The Morgan fingerprint density at radius 2 is 1.64 bits per heavy atom. The van der Waals surface area contributed by atoms with Crippen LogP contribution in [0.2, 0.25) is 0 Å². The zero-order valence-corrected chi connectivity index (χ0v) is 14.7. The van der Waals surface area contributed by atoms with Gasteiger partial charge in [0.05, 0.1) is 0 Å². The maximum Gasteiger partial charge on any atom is 0.316 e. The van der Waals surface area contributed by atoms with Gasteiger partial charge in [0.15, 0.2) is 0 Å². The van der Waals surface area contributed by atoms with E-state index in [9.17, 15) is 9.90 Å². The Bertz CT molecular complexity index is 470. The minimum Gasteiger partial charge on any atom is -0.481 e. The summed E-state index contributed by atoms with van der Waals surface area (Å²) in [6.07, 6.45) is 2.29. The molecule has 0 aliphatic heterocycles. The fourth-order valence-electron chi connectivity index (χ4n) is 4.00. The van der Waals surface area contributed by atoms with Gasteiger partial charge in [-0.1, -0.05) is 64.4 Å². The topological polar surface area (TPSA) is 40.5 Å². The summed E-state index contributed by atoms with van der Waals surface area (Å²) in [4.78, 5) is 14.8. The van der Waals surface area contributed by atoms with Crippen molar-refractivity contribution in [2.24, 2.45) is 0 Å². The number of likely N-dealkylation sites (N-methyl/N-ethyl adjacent to an activating group) is 1. The first-order valence-electron chi connectivity index (χ1n) is 8.48. The summed E-state index contributed by atoms with van der Waals surface area (Å²) >= 11 is 0. The van der Waals surface area contributed by atoms with E-state index in [1.54, 1.807) is 0 Å². The van der Waals surface area contributed by atoms with E-state index in [2.05, 4.69) is 39.5 Å². The molecule has 0 amide bonds. The third-order valence-electron chi connectivity index (χ3n) is 5.33. The molecule has 1 aromatic rings. The second-order valence-electron chi connectivity index (χ2n) is 6.13. The van der Waals surface area contributed by atoms with Gasteiger partial charge in [-0.15, -0.1) is 0 Å². The molecule has 0 heterocycles. The van der Waals surface area contributed by atoms with Crippen LogP contribution in [-0.4, -0.2) is 34.6 Å². The molecule has 22 heavy (non-hydrogen) atoms. The van der Waals surface area contributed by atoms with E-state index in [4.69, 9.17) is 0 Å². The van der Waals surface area contributed by atoms with Crippen LogP contribution in [0.15, 0.2) is 30.3 Å². The van der Waals surface area contributed by atoms with Crippen LogP contribution in [0.5, 0.6) is 0 Å². The summed E-state index contributed by atoms with van der Waals surface area (Å²) in [6.45, 7) is 12.2. The van der Waals surface area contributed by atoms with Crippen molar-refractivity contribution in [3.63, 3.8) is 0 Å². The third kappa shape index (κ3) is 2.91. The second-order valence-corrected chi connectivity index (χ2v) is 6.13. The minimum absolute atomic E-state index is 0.417. The number of hydrogen-bond acceptors (Lipinski definition) is 2. The molecule has 0 fully saturated rings. The highest BCUT2D eigenvalue weighted by molar-refractivity contribution is 5.83. The van der Waals surface area contributed by atoms with Crippen molar-refractivity contribution in [2.45, 2.75) is 64.8 Å². The van der Waals surface area contributed by atoms with Gasteiger partial charge >= 0.3 is 5.97 Å². The first-order valence-corrected chi connectivity index (χ1v) is 8.48. The van der Waals surface area contributed by atoms with Crippen LogP contribution in [0.3, 0.4) is 0 Å². The molecule has 124 valence electrons. The molecule has 0 radical (unpaired) electrons. The monoisotopic (exact) mass is 305 g/mol. The number of hydrogen-bond donors (Lipinski definition) is 1. The third-order valence-corrected chi connectivity index (χ3v) is 5.33. The molecule has 0 saturated heterocycles. The lowest BCUT2D eigenvalue weighted by molar-refractivity contribution is -0.152. The van der Waals surface area contributed by atoms with Gasteiger partial charge in [0.2, 0.25) is 0 Å². The van der Waals surface area contributed by atoms with Crippen LogP contribution in [0.1, 0.15) is 59.4 Å². The van der Waals surface area contributed by atoms with Crippen LogP contribution >= 0.6 is 0 Å². The molecular weight excluding hydrogens is 274 g/mol. The highest BCUT2D eigenvalue weighted by atomic mass is 16.4. The predicted octanol–water partition coefficient (Wildman–Crippen LogP) is 4.32. The van der Waals surface area contributed by atoms with Crippen LogP contribution < -0.4 is 0 Å². The Morgan fingerprint density at radius 1 is 1.09 bits per heavy atom. The van der Waals surface area contributed by atoms with Crippen LogP contribution in [0, 0.1) is 0 Å². The van der Waals surface area contributed by atoms with Crippen molar-refractivity contribution in [2.75, 3.05) is 13.1 Å². The van der Waals surface area contributed by atoms with E-state index in [1.165, 1.54) is 0 Å². The summed E-state index contributed by atoms with van der Waals surface area (Å²) in [6, 6.07) is 9.78. The van der Waals surface area contributed by atoms with Gasteiger partial charge in [0, 0.05) is 5.54 Å². The van der Waals surface area contributed by atoms with Gasteiger partial charge in [-0.25, -0.2) is 0 Å². The van der Waals surface area contributed by atoms with Crippen molar-refractivity contribution >= 4 is 5.97 Å². The van der Waals surface area contributed by atoms with Crippen molar-refractivity contribution in [1.82, 2.24) is 4.90 Å². The molecule has 0 aromatic heterocycles. The van der Waals surface area contributed by atoms with Crippen LogP contribution in [-0.2, 0) is 10.2 Å². The smallest absolute Gasteiger partial charge is 0.316 e. The number of aliphatic carboxylic acids is 1. The first kappa shape index (κ1) is 18.7. The predicted molar refractivity (Wildman–Crippen MR) is 92.3 cm³/mol. The Labute approximate surface area is 135 Å². The lowest BCUT2D eigenvalue weighted by Gasteiger charge is -2.52. The Balaban J connectivity index is 3.63. The molecule has 0 aliphatic rings. The van der Waals surface area contributed by atoms with Crippen LogP contribution in [0.25, 0.3) is 0 Å². The highest BCUT2D eigenvalue weighted by Crippen LogP contribution is 2.45. The lowest BCUT2D eigenvalue weighted by atomic mass is 9.61. The zero-order valence-electron chi connectivity index (χ0n) is 14.7. The molecule has 1 aromatic carbocycles. The summed E-state index contributed by atoms with van der Waals surface area (Å²) in [5.74, 6) is -0.711. The van der Waals surface area contributed by atoms with Crippen molar-refractivity contribution < 1.29 is 9.90 Å². The summed E-state index contributed by atoms with van der Waals surface area (Å²) in [5, 5.41) is 10.3. The Kier molecular flexibility index (Phi) is 6.61.